The van der Waals surface area contributed by atoms with Gasteiger partial charge in [0.2, 0.25) is 0 Å². The highest BCUT2D eigenvalue weighted by Crippen LogP contribution is 2.18. The van der Waals surface area contributed by atoms with Crippen LogP contribution in [0.15, 0.2) is 73.1 Å². The molecule has 2 amide bonds. The van der Waals surface area contributed by atoms with Crippen LogP contribution in [-0.4, -0.2) is 23.4 Å². The number of hydrogen-bond acceptors (Lipinski definition) is 4. The van der Waals surface area contributed by atoms with Gasteiger partial charge in [-0.25, -0.2) is 0 Å². The second-order valence-corrected chi connectivity index (χ2v) is 6.00. The molecule has 6 heteroatoms. The lowest BCUT2D eigenvalue weighted by molar-refractivity contribution is 0.0946. The molecule has 1 heterocycles. The van der Waals surface area contributed by atoms with Crippen LogP contribution in [0.25, 0.3) is 0 Å². The minimum Gasteiger partial charge on any atom is -0.493 e. The molecule has 1 aromatic heterocycles. The number of carbonyl (C=O) groups is 2. The Morgan fingerprint density at radius 1 is 0.964 bits per heavy atom. The van der Waals surface area contributed by atoms with Crippen molar-refractivity contribution in [1.82, 2.24) is 10.3 Å². The monoisotopic (exact) mass is 375 g/mol. The van der Waals surface area contributed by atoms with E-state index in [1.807, 2.05) is 31.2 Å². The fourth-order valence-corrected chi connectivity index (χ4v) is 2.68. The molecule has 0 bridgehead atoms. The molecule has 2 aromatic carbocycles. The lowest BCUT2D eigenvalue weighted by Crippen LogP contribution is -2.23. The van der Waals surface area contributed by atoms with Gasteiger partial charge < -0.3 is 15.4 Å². The molecule has 0 unspecified atom stereocenters. The fraction of sp³-hybridized carbons (Fsp3) is 0.136. The van der Waals surface area contributed by atoms with Gasteiger partial charge in [0.25, 0.3) is 11.8 Å². The Morgan fingerprint density at radius 2 is 1.75 bits per heavy atom. The standard InChI is InChI=1S/C22H21N3O3/c1-2-28-20-9-4-3-8-19(20)22(27)24-15-16-6-5-7-18(14-16)25-21(26)17-10-12-23-13-11-17/h3-14H,2,15H2,1H3,(H,24,27)(H,25,26). The summed E-state index contributed by atoms with van der Waals surface area (Å²) in [4.78, 5) is 28.7. The molecule has 0 spiro atoms. The number of aromatic nitrogens is 1. The average Bonchev–Trinajstić information content (AvgIpc) is 2.73. The van der Waals surface area contributed by atoms with Crippen LogP contribution in [0.4, 0.5) is 5.69 Å². The van der Waals surface area contributed by atoms with Crippen LogP contribution in [0.1, 0.15) is 33.2 Å². The van der Waals surface area contributed by atoms with Crippen LogP contribution in [0, 0.1) is 0 Å². The van der Waals surface area contributed by atoms with Crippen LogP contribution in [0.5, 0.6) is 5.75 Å². The van der Waals surface area contributed by atoms with E-state index in [1.165, 1.54) is 0 Å². The summed E-state index contributed by atoms with van der Waals surface area (Å²) in [5.74, 6) is 0.130. The van der Waals surface area contributed by atoms with E-state index < -0.39 is 0 Å². The number of benzene rings is 2. The molecule has 142 valence electrons. The van der Waals surface area contributed by atoms with E-state index in [2.05, 4.69) is 15.6 Å². The molecule has 6 nitrogen and oxygen atoms in total. The quantitative estimate of drug-likeness (QED) is 0.660. The Balaban J connectivity index is 1.63. The molecule has 3 rings (SSSR count). The van der Waals surface area contributed by atoms with Crippen LogP contribution < -0.4 is 15.4 Å². The van der Waals surface area contributed by atoms with Crippen LogP contribution in [0.3, 0.4) is 0 Å². The molecular formula is C22H21N3O3. The molecular weight excluding hydrogens is 354 g/mol. The highest BCUT2D eigenvalue weighted by atomic mass is 16.5. The second kappa shape index (κ2) is 9.32. The normalized spacial score (nSPS) is 10.2. The lowest BCUT2D eigenvalue weighted by Gasteiger charge is -2.11. The number of amides is 2. The smallest absolute Gasteiger partial charge is 0.255 e. The molecule has 28 heavy (non-hydrogen) atoms. The summed E-state index contributed by atoms with van der Waals surface area (Å²) < 4.78 is 5.50. The van der Waals surface area contributed by atoms with Gasteiger partial charge in [0.1, 0.15) is 5.75 Å². The summed E-state index contributed by atoms with van der Waals surface area (Å²) in [6.45, 7) is 2.70. The van der Waals surface area contributed by atoms with Crippen molar-refractivity contribution in [3.05, 3.63) is 89.7 Å². The van der Waals surface area contributed by atoms with E-state index in [0.717, 1.165) is 5.56 Å². The molecule has 3 aromatic rings. The van der Waals surface area contributed by atoms with E-state index in [-0.39, 0.29) is 11.8 Å². The van der Waals surface area contributed by atoms with Gasteiger partial charge in [-0.05, 0) is 48.9 Å². The molecule has 0 fully saturated rings. The van der Waals surface area contributed by atoms with Gasteiger partial charge in [0.15, 0.2) is 0 Å². The highest BCUT2D eigenvalue weighted by molar-refractivity contribution is 6.04. The zero-order chi connectivity index (χ0) is 19.8. The van der Waals surface area contributed by atoms with Crippen molar-refractivity contribution in [2.45, 2.75) is 13.5 Å². The minimum absolute atomic E-state index is 0.213. The number of para-hydroxylation sites is 1. The Kier molecular flexibility index (Phi) is 6.36. The van der Waals surface area contributed by atoms with Gasteiger partial charge in [-0.15, -0.1) is 0 Å². The highest BCUT2D eigenvalue weighted by Gasteiger charge is 2.12. The average molecular weight is 375 g/mol. The van der Waals surface area contributed by atoms with Gasteiger partial charge in [-0.2, -0.15) is 0 Å². The van der Waals surface area contributed by atoms with E-state index in [4.69, 9.17) is 4.74 Å². The first-order valence-electron chi connectivity index (χ1n) is 8.97. The number of hydrogen-bond donors (Lipinski definition) is 2. The topological polar surface area (TPSA) is 80.3 Å². The number of nitrogens with zero attached hydrogens (tertiary/aromatic N) is 1. The first kappa shape index (κ1) is 19.1. The summed E-state index contributed by atoms with van der Waals surface area (Å²) in [6.07, 6.45) is 3.14. The Bertz CT molecular complexity index is 958. The van der Waals surface area contributed by atoms with E-state index in [1.54, 1.807) is 48.8 Å². The zero-order valence-corrected chi connectivity index (χ0v) is 15.5. The maximum absolute atomic E-state index is 12.5. The Hall–Kier alpha value is -3.67. The first-order valence-corrected chi connectivity index (χ1v) is 8.97. The molecule has 0 aliphatic rings. The third-order valence-corrected chi connectivity index (χ3v) is 4.01. The van der Waals surface area contributed by atoms with Crippen molar-refractivity contribution in [2.75, 3.05) is 11.9 Å². The van der Waals surface area contributed by atoms with Gasteiger partial charge in [-0.1, -0.05) is 24.3 Å². The fourth-order valence-electron chi connectivity index (χ4n) is 2.68. The predicted octanol–water partition coefficient (Wildman–Crippen LogP) is 3.66. The SMILES string of the molecule is CCOc1ccccc1C(=O)NCc1cccc(NC(=O)c2ccncc2)c1. The first-order chi connectivity index (χ1) is 13.7. The molecule has 0 radical (unpaired) electrons. The Morgan fingerprint density at radius 3 is 2.54 bits per heavy atom. The third kappa shape index (κ3) is 4.94. The van der Waals surface area contributed by atoms with Crippen molar-refractivity contribution in [3.8, 4) is 5.75 Å². The maximum atomic E-state index is 12.5. The predicted molar refractivity (Wildman–Crippen MR) is 107 cm³/mol. The zero-order valence-electron chi connectivity index (χ0n) is 15.5. The number of pyridine rings is 1. The third-order valence-electron chi connectivity index (χ3n) is 4.01. The lowest BCUT2D eigenvalue weighted by atomic mass is 10.1. The molecule has 0 saturated heterocycles. The number of ether oxygens (including phenoxy) is 1. The van der Waals surface area contributed by atoms with Crippen LogP contribution >= 0.6 is 0 Å². The summed E-state index contributed by atoms with van der Waals surface area (Å²) in [6, 6.07) is 17.8. The summed E-state index contributed by atoms with van der Waals surface area (Å²) >= 11 is 0. The summed E-state index contributed by atoms with van der Waals surface area (Å²) in [7, 11) is 0. The van der Waals surface area contributed by atoms with Crippen LogP contribution in [0.2, 0.25) is 0 Å². The van der Waals surface area contributed by atoms with E-state index >= 15 is 0 Å². The minimum atomic E-state index is -0.214. The van der Waals surface area contributed by atoms with Gasteiger partial charge in [-0.3, -0.25) is 14.6 Å². The number of anilines is 1. The maximum Gasteiger partial charge on any atom is 0.255 e. The van der Waals surface area contributed by atoms with Crippen molar-refractivity contribution >= 4 is 17.5 Å². The summed E-state index contributed by atoms with van der Waals surface area (Å²) in [5, 5.41) is 5.73. The van der Waals surface area contributed by atoms with E-state index in [9.17, 15) is 9.59 Å². The van der Waals surface area contributed by atoms with Crippen molar-refractivity contribution < 1.29 is 14.3 Å². The van der Waals surface area contributed by atoms with Gasteiger partial charge in [0, 0.05) is 30.2 Å². The molecule has 2 N–H and O–H groups in total. The molecule has 0 atom stereocenters. The summed E-state index contributed by atoms with van der Waals surface area (Å²) in [5.41, 5.74) is 2.55. The number of nitrogens with one attached hydrogen (secondary N) is 2. The largest absolute Gasteiger partial charge is 0.493 e. The van der Waals surface area contributed by atoms with Gasteiger partial charge >= 0.3 is 0 Å². The van der Waals surface area contributed by atoms with E-state index in [0.29, 0.717) is 35.7 Å². The molecule has 0 aliphatic heterocycles. The van der Waals surface area contributed by atoms with Gasteiger partial charge in [0.05, 0.1) is 12.2 Å². The second-order valence-electron chi connectivity index (χ2n) is 6.00. The van der Waals surface area contributed by atoms with Crippen LogP contribution in [-0.2, 0) is 6.54 Å². The number of carbonyl (C=O) groups excluding carboxylic acids is 2. The number of rotatable bonds is 7. The molecule has 0 saturated carbocycles. The van der Waals surface area contributed by atoms with Crippen molar-refractivity contribution in [3.63, 3.8) is 0 Å². The van der Waals surface area contributed by atoms with Crippen molar-refractivity contribution in [1.29, 1.82) is 0 Å². The molecule has 0 aliphatic carbocycles. The van der Waals surface area contributed by atoms with Crippen molar-refractivity contribution in [2.24, 2.45) is 0 Å². The Labute approximate surface area is 163 Å².